The van der Waals surface area contributed by atoms with Gasteiger partial charge in [-0.15, -0.1) is 0 Å². The van der Waals surface area contributed by atoms with Crippen LogP contribution in [-0.2, 0) is 24.2 Å². The molecule has 1 aliphatic rings. The number of halogens is 3. The SMILES string of the molecule is C[C@@]1(Cc2cccc(Cl)c2)Cc2cc(C(=O)N(CCC(=O)O)Cc3cccc(Cl)c3Cl)ccc2O1. The maximum absolute atomic E-state index is 13.4. The number of amides is 1. The molecule has 0 bridgehead atoms. The second-order valence-electron chi connectivity index (χ2n) is 8.94. The lowest BCUT2D eigenvalue weighted by molar-refractivity contribution is -0.137. The van der Waals surface area contributed by atoms with Gasteiger partial charge in [-0.1, -0.05) is 59.1 Å². The van der Waals surface area contributed by atoms with Crippen LogP contribution in [0.1, 0.15) is 40.4 Å². The maximum Gasteiger partial charge on any atom is 0.305 e. The van der Waals surface area contributed by atoms with E-state index in [2.05, 4.69) is 0 Å². The quantitative estimate of drug-likeness (QED) is 0.350. The van der Waals surface area contributed by atoms with E-state index in [1.807, 2.05) is 37.3 Å². The van der Waals surface area contributed by atoms with Crippen LogP contribution in [0.2, 0.25) is 15.1 Å². The van der Waals surface area contributed by atoms with Crippen molar-refractivity contribution >= 4 is 46.7 Å². The zero-order chi connectivity index (χ0) is 25.2. The van der Waals surface area contributed by atoms with E-state index in [9.17, 15) is 14.7 Å². The zero-order valence-electron chi connectivity index (χ0n) is 19.1. The van der Waals surface area contributed by atoms with Crippen molar-refractivity contribution in [1.82, 2.24) is 4.90 Å². The molecule has 1 heterocycles. The predicted octanol–water partition coefficient (Wildman–Crippen LogP) is 6.70. The number of hydrogen-bond donors (Lipinski definition) is 1. The van der Waals surface area contributed by atoms with E-state index in [1.54, 1.807) is 30.3 Å². The summed E-state index contributed by atoms with van der Waals surface area (Å²) >= 11 is 18.6. The molecule has 1 atom stereocenters. The molecule has 3 aromatic carbocycles. The van der Waals surface area contributed by atoms with Gasteiger partial charge in [-0.3, -0.25) is 9.59 Å². The van der Waals surface area contributed by atoms with Gasteiger partial charge in [-0.05, 0) is 60.0 Å². The first kappa shape index (κ1) is 25.4. The minimum Gasteiger partial charge on any atom is -0.487 e. The van der Waals surface area contributed by atoms with Gasteiger partial charge in [-0.25, -0.2) is 0 Å². The van der Waals surface area contributed by atoms with Gasteiger partial charge < -0.3 is 14.7 Å². The summed E-state index contributed by atoms with van der Waals surface area (Å²) in [4.78, 5) is 26.2. The highest BCUT2D eigenvalue weighted by atomic mass is 35.5. The van der Waals surface area contributed by atoms with Gasteiger partial charge in [0.2, 0.25) is 0 Å². The number of ether oxygens (including phenoxy) is 1. The predicted molar refractivity (Wildman–Crippen MR) is 138 cm³/mol. The van der Waals surface area contributed by atoms with Gasteiger partial charge in [0.1, 0.15) is 11.4 Å². The third kappa shape index (κ3) is 6.10. The summed E-state index contributed by atoms with van der Waals surface area (Å²) < 4.78 is 6.26. The molecule has 8 heteroatoms. The van der Waals surface area contributed by atoms with Crippen molar-refractivity contribution < 1.29 is 19.4 Å². The Bertz CT molecular complexity index is 1280. The average molecular weight is 533 g/mol. The maximum atomic E-state index is 13.4. The van der Waals surface area contributed by atoms with Crippen molar-refractivity contribution in [3.8, 4) is 5.75 Å². The van der Waals surface area contributed by atoms with Crippen LogP contribution in [0.5, 0.6) is 5.75 Å². The van der Waals surface area contributed by atoms with Crippen LogP contribution in [0.4, 0.5) is 0 Å². The number of rotatable bonds is 8. The van der Waals surface area contributed by atoms with Crippen LogP contribution < -0.4 is 4.74 Å². The Morgan fingerprint density at radius 3 is 2.57 bits per heavy atom. The van der Waals surface area contributed by atoms with Crippen molar-refractivity contribution in [3.05, 3.63) is 98.0 Å². The van der Waals surface area contributed by atoms with E-state index in [-0.39, 0.29) is 25.4 Å². The number of carbonyl (C=O) groups is 2. The highest BCUT2D eigenvalue weighted by molar-refractivity contribution is 6.42. The molecule has 1 N–H and O–H groups in total. The molecule has 0 fully saturated rings. The monoisotopic (exact) mass is 531 g/mol. The topological polar surface area (TPSA) is 66.8 Å². The molecular weight excluding hydrogens is 509 g/mol. The van der Waals surface area contributed by atoms with Gasteiger partial charge in [-0.2, -0.15) is 0 Å². The summed E-state index contributed by atoms with van der Waals surface area (Å²) in [6.07, 6.45) is 1.12. The fraction of sp³-hybridized carbons (Fsp3) is 0.259. The molecular formula is C27H24Cl3NO4. The molecule has 0 unspecified atom stereocenters. The van der Waals surface area contributed by atoms with E-state index in [4.69, 9.17) is 39.5 Å². The molecule has 0 radical (unpaired) electrons. The van der Waals surface area contributed by atoms with Crippen LogP contribution in [0.25, 0.3) is 0 Å². The van der Waals surface area contributed by atoms with Crippen LogP contribution in [0.15, 0.2) is 60.7 Å². The van der Waals surface area contributed by atoms with E-state index < -0.39 is 11.6 Å². The first-order chi connectivity index (χ1) is 16.6. The van der Waals surface area contributed by atoms with E-state index in [0.717, 1.165) is 16.9 Å². The van der Waals surface area contributed by atoms with E-state index >= 15 is 0 Å². The van der Waals surface area contributed by atoms with Gasteiger partial charge in [0.05, 0.1) is 16.5 Å². The summed E-state index contributed by atoms with van der Waals surface area (Å²) in [5.74, 6) is -0.534. The number of hydrogen-bond acceptors (Lipinski definition) is 3. The molecule has 35 heavy (non-hydrogen) atoms. The van der Waals surface area contributed by atoms with Crippen molar-refractivity contribution in [3.63, 3.8) is 0 Å². The third-order valence-corrected chi connectivity index (χ3v) is 7.06. The second kappa shape index (κ2) is 10.5. The minimum absolute atomic E-state index is 0.0388. The van der Waals surface area contributed by atoms with Gasteiger partial charge >= 0.3 is 5.97 Å². The van der Waals surface area contributed by atoms with Crippen molar-refractivity contribution in [2.45, 2.75) is 38.3 Å². The number of carbonyl (C=O) groups excluding carboxylic acids is 1. The summed E-state index contributed by atoms with van der Waals surface area (Å²) in [6, 6.07) is 18.2. The standard InChI is InChI=1S/C27H24Cl3NO4/c1-27(14-17-4-2-6-21(28)12-17)15-20-13-18(8-9-23(20)35-27)26(34)31(11-10-24(32)33)16-19-5-3-7-22(29)25(19)30/h2-9,12-13H,10-11,14-16H2,1H3,(H,32,33)/t27-/m1/s1. The molecule has 0 saturated heterocycles. The Hall–Kier alpha value is -2.73. The molecule has 0 spiro atoms. The van der Waals surface area contributed by atoms with E-state index in [0.29, 0.717) is 39.0 Å². The fourth-order valence-electron chi connectivity index (χ4n) is 4.37. The number of nitrogens with zero attached hydrogens (tertiary/aromatic N) is 1. The van der Waals surface area contributed by atoms with Crippen molar-refractivity contribution in [1.29, 1.82) is 0 Å². The lowest BCUT2D eigenvalue weighted by Crippen LogP contribution is -2.33. The molecule has 0 saturated carbocycles. The number of carboxylic acid groups (broad SMARTS) is 1. The molecule has 4 rings (SSSR count). The lowest BCUT2D eigenvalue weighted by Gasteiger charge is -2.24. The normalized spacial score (nSPS) is 16.5. The third-order valence-electron chi connectivity index (χ3n) is 5.97. The molecule has 1 aliphatic heterocycles. The first-order valence-corrected chi connectivity index (χ1v) is 12.3. The van der Waals surface area contributed by atoms with Crippen molar-refractivity contribution in [2.75, 3.05) is 6.54 Å². The lowest BCUT2D eigenvalue weighted by atomic mass is 9.91. The summed E-state index contributed by atoms with van der Waals surface area (Å²) in [7, 11) is 0. The molecule has 5 nitrogen and oxygen atoms in total. The summed E-state index contributed by atoms with van der Waals surface area (Å²) in [5.41, 5.74) is 2.65. The molecule has 3 aromatic rings. The van der Waals surface area contributed by atoms with Crippen LogP contribution in [0.3, 0.4) is 0 Å². The Morgan fingerprint density at radius 1 is 1.06 bits per heavy atom. The van der Waals surface area contributed by atoms with Crippen LogP contribution in [0, 0.1) is 0 Å². The highest BCUT2D eigenvalue weighted by Gasteiger charge is 2.35. The number of carboxylic acids is 1. The Labute approximate surface area is 219 Å². The largest absolute Gasteiger partial charge is 0.487 e. The molecule has 1 amide bonds. The second-order valence-corrected chi connectivity index (χ2v) is 10.2. The number of aliphatic carboxylic acids is 1. The van der Waals surface area contributed by atoms with Crippen LogP contribution >= 0.6 is 34.8 Å². The zero-order valence-corrected chi connectivity index (χ0v) is 21.3. The van der Waals surface area contributed by atoms with Gasteiger partial charge in [0, 0.05) is 36.5 Å². The molecule has 0 aromatic heterocycles. The Kier molecular flexibility index (Phi) is 7.60. The average Bonchev–Trinajstić information content (AvgIpc) is 3.13. The van der Waals surface area contributed by atoms with E-state index in [1.165, 1.54) is 4.90 Å². The smallest absolute Gasteiger partial charge is 0.305 e. The first-order valence-electron chi connectivity index (χ1n) is 11.1. The van der Waals surface area contributed by atoms with Gasteiger partial charge in [0.25, 0.3) is 5.91 Å². The fourth-order valence-corrected chi connectivity index (χ4v) is 4.97. The van der Waals surface area contributed by atoms with Crippen molar-refractivity contribution in [2.24, 2.45) is 0 Å². The molecule has 182 valence electrons. The summed E-state index contributed by atoms with van der Waals surface area (Å²) in [6.45, 7) is 2.22. The van der Waals surface area contributed by atoms with Crippen LogP contribution in [-0.4, -0.2) is 34.0 Å². The minimum atomic E-state index is -0.987. The van der Waals surface area contributed by atoms with Gasteiger partial charge in [0.15, 0.2) is 0 Å². The Morgan fingerprint density at radius 2 is 1.83 bits per heavy atom. The molecule has 0 aliphatic carbocycles. The number of fused-ring (bicyclic) bond motifs is 1. The Balaban J connectivity index is 1.55. The highest BCUT2D eigenvalue weighted by Crippen LogP contribution is 2.38. The summed E-state index contributed by atoms with van der Waals surface area (Å²) in [5, 5.41) is 10.6. The number of benzene rings is 3.